The van der Waals surface area contributed by atoms with Crippen molar-refractivity contribution < 1.29 is 18.3 Å². The number of hydrogen-bond donors (Lipinski definition) is 1. The van der Waals surface area contributed by atoms with Crippen molar-refractivity contribution in [3.8, 4) is 0 Å². The van der Waals surface area contributed by atoms with E-state index in [1.807, 2.05) is 0 Å². The molecule has 1 aliphatic rings. The Kier molecular flexibility index (Phi) is 3.24. The third-order valence-corrected chi connectivity index (χ3v) is 2.92. The van der Waals surface area contributed by atoms with Crippen LogP contribution in [0.4, 0.5) is 13.2 Å². The van der Waals surface area contributed by atoms with Gasteiger partial charge in [-0.05, 0) is 42.5 Å². The second-order valence-electron chi connectivity index (χ2n) is 4.23. The van der Waals surface area contributed by atoms with E-state index in [2.05, 4.69) is 0 Å². The Balaban J connectivity index is 2.24. The molecule has 0 heterocycles. The summed E-state index contributed by atoms with van der Waals surface area (Å²) in [7, 11) is 0. The standard InChI is InChI=1S/C13H13F3O/c14-13(15,16)11-6-4-9(5-7-11)10-2-1-3-12(17)8-10/h4-8,12,17H,1-3H2. The first kappa shape index (κ1) is 12.2. The minimum Gasteiger partial charge on any atom is -0.389 e. The van der Waals surface area contributed by atoms with E-state index >= 15 is 0 Å². The predicted octanol–water partition coefficient (Wildman–Crippen LogP) is 3.63. The zero-order chi connectivity index (χ0) is 12.5. The largest absolute Gasteiger partial charge is 0.416 e. The van der Waals surface area contributed by atoms with Gasteiger partial charge in [0, 0.05) is 0 Å². The van der Waals surface area contributed by atoms with Crippen LogP contribution in [-0.2, 0) is 6.18 Å². The third-order valence-electron chi connectivity index (χ3n) is 2.92. The average molecular weight is 242 g/mol. The van der Waals surface area contributed by atoms with E-state index in [1.165, 1.54) is 12.1 Å². The highest BCUT2D eigenvalue weighted by molar-refractivity contribution is 5.67. The lowest BCUT2D eigenvalue weighted by Gasteiger charge is -2.17. The molecule has 1 nitrogen and oxygen atoms in total. The van der Waals surface area contributed by atoms with Gasteiger partial charge in [0.2, 0.25) is 0 Å². The fourth-order valence-corrected chi connectivity index (χ4v) is 2.01. The maximum Gasteiger partial charge on any atom is 0.416 e. The van der Waals surface area contributed by atoms with Gasteiger partial charge in [0.25, 0.3) is 0 Å². The predicted molar refractivity (Wildman–Crippen MR) is 59.3 cm³/mol. The van der Waals surface area contributed by atoms with E-state index in [-0.39, 0.29) is 0 Å². The SMILES string of the molecule is OC1C=C(c2ccc(C(F)(F)F)cc2)CCC1. The summed E-state index contributed by atoms with van der Waals surface area (Å²) in [6, 6.07) is 5.09. The van der Waals surface area contributed by atoms with Gasteiger partial charge in [-0.15, -0.1) is 0 Å². The van der Waals surface area contributed by atoms with Crippen LogP contribution in [0.3, 0.4) is 0 Å². The molecule has 1 N–H and O–H groups in total. The number of rotatable bonds is 1. The number of hydrogen-bond acceptors (Lipinski definition) is 1. The average Bonchev–Trinajstić information content (AvgIpc) is 2.28. The zero-order valence-electron chi connectivity index (χ0n) is 9.17. The fourth-order valence-electron chi connectivity index (χ4n) is 2.01. The Hall–Kier alpha value is -1.29. The van der Waals surface area contributed by atoms with Gasteiger partial charge in [0.1, 0.15) is 0 Å². The van der Waals surface area contributed by atoms with Crippen molar-refractivity contribution in [2.75, 3.05) is 0 Å². The Labute approximate surface area is 97.6 Å². The first-order valence-electron chi connectivity index (χ1n) is 5.53. The lowest BCUT2D eigenvalue weighted by atomic mass is 9.92. The Morgan fingerprint density at radius 1 is 1.12 bits per heavy atom. The molecular formula is C13H13F3O. The summed E-state index contributed by atoms with van der Waals surface area (Å²) in [6.07, 6.45) is -0.632. The van der Waals surface area contributed by atoms with Gasteiger partial charge >= 0.3 is 6.18 Å². The second-order valence-corrected chi connectivity index (χ2v) is 4.23. The monoisotopic (exact) mass is 242 g/mol. The zero-order valence-corrected chi connectivity index (χ0v) is 9.17. The van der Waals surface area contributed by atoms with E-state index in [1.54, 1.807) is 6.08 Å². The molecule has 1 atom stereocenters. The Morgan fingerprint density at radius 2 is 1.76 bits per heavy atom. The summed E-state index contributed by atoms with van der Waals surface area (Å²) in [4.78, 5) is 0. The van der Waals surface area contributed by atoms with Crippen LogP contribution < -0.4 is 0 Å². The highest BCUT2D eigenvalue weighted by Crippen LogP contribution is 2.32. The van der Waals surface area contributed by atoms with Crippen LogP contribution in [-0.4, -0.2) is 11.2 Å². The summed E-state index contributed by atoms with van der Waals surface area (Å²) in [5.74, 6) is 0. The van der Waals surface area contributed by atoms with E-state index in [4.69, 9.17) is 0 Å². The number of aliphatic hydroxyl groups excluding tert-OH is 1. The first-order valence-corrected chi connectivity index (χ1v) is 5.53. The van der Waals surface area contributed by atoms with Crippen molar-refractivity contribution in [3.63, 3.8) is 0 Å². The third kappa shape index (κ3) is 2.88. The van der Waals surface area contributed by atoms with Crippen molar-refractivity contribution >= 4 is 5.57 Å². The summed E-state index contributed by atoms with van der Waals surface area (Å²) in [5, 5.41) is 9.47. The van der Waals surface area contributed by atoms with Crippen molar-refractivity contribution in [3.05, 3.63) is 41.5 Å². The van der Waals surface area contributed by atoms with Gasteiger partial charge in [0.05, 0.1) is 11.7 Å². The van der Waals surface area contributed by atoms with Crippen LogP contribution in [0.1, 0.15) is 30.4 Å². The van der Waals surface area contributed by atoms with Gasteiger partial charge in [-0.2, -0.15) is 13.2 Å². The normalized spacial score (nSPS) is 21.2. The van der Waals surface area contributed by atoms with Gasteiger partial charge in [0.15, 0.2) is 0 Å². The molecule has 1 unspecified atom stereocenters. The molecule has 17 heavy (non-hydrogen) atoms. The molecule has 0 amide bonds. The molecule has 0 aliphatic heterocycles. The van der Waals surface area contributed by atoms with Crippen LogP contribution >= 0.6 is 0 Å². The molecule has 0 saturated carbocycles. The molecule has 1 aromatic carbocycles. The molecule has 0 fully saturated rings. The van der Waals surface area contributed by atoms with E-state index in [0.29, 0.717) is 0 Å². The van der Waals surface area contributed by atoms with Gasteiger partial charge < -0.3 is 5.11 Å². The second kappa shape index (κ2) is 4.53. The number of halogens is 3. The van der Waals surface area contributed by atoms with Crippen LogP contribution in [0.2, 0.25) is 0 Å². The summed E-state index contributed by atoms with van der Waals surface area (Å²) in [6.45, 7) is 0. The van der Waals surface area contributed by atoms with Gasteiger partial charge in [-0.1, -0.05) is 18.2 Å². The van der Waals surface area contributed by atoms with Gasteiger partial charge in [-0.25, -0.2) is 0 Å². The Bertz CT molecular complexity index is 417. The van der Waals surface area contributed by atoms with Gasteiger partial charge in [-0.3, -0.25) is 0 Å². The summed E-state index contributed by atoms with van der Waals surface area (Å²) in [5.41, 5.74) is 1.05. The first-order chi connectivity index (χ1) is 7.97. The molecule has 1 aliphatic carbocycles. The Morgan fingerprint density at radius 3 is 2.29 bits per heavy atom. The van der Waals surface area contributed by atoms with E-state index in [0.717, 1.165) is 42.5 Å². The molecule has 0 aromatic heterocycles. The molecule has 1 aromatic rings. The number of allylic oxidation sites excluding steroid dienone is 1. The maximum absolute atomic E-state index is 12.4. The minimum absolute atomic E-state index is 0.471. The highest BCUT2D eigenvalue weighted by Gasteiger charge is 2.30. The maximum atomic E-state index is 12.4. The molecule has 4 heteroatoms. The van der Waals surface area contributed by atoms with Crippen LogP contribution in [0.15, 0.2) is 30.3 Å². The topological polar surface area (TPSA) is 20.2 Å². The van der Waals surface area contributed by atoms with Crippen LogP contribution in [0.25, 0.3) is 5.57 Å². The molecule has 92 valence electrons. The summed E-state index contributed by atoms with van der Waals surface area (Å²) < 4.78 is 37.1. The van der Waals surface area contributed by atoms with Crippen molar-refractivity contribution in [2.24, 2.45) is 0 Å². The molecule has 2 rings (SSSR count). The number of benzene rings is 1. The van der Waals surface area contributed by atoms with Crippen molar-refractivity contribution in [2.45, 2.75) is 31.5 Å². The molecular weight excluding hydrogens is 229 g/mol. The fraction of sp³-hybridized carbons (Fsp3) is 0.385. The highest BCUT2D eigenvalue weighted by atomic mass is 19.4. The molecule has 0 radical (unpaired) electrons. The smallest absolute Gasteiger partial charge is 0.389 e. The molecule has 0 spiro atoms. The van der Waals surface area contributed by atoms with Crippen molar-refractivity contribution in [1.82, 2.24) is 0 Å². The molecule has 0 saturated heterocycles. The van der Waals surface area contributed by atoms with Crippen molar-refractivity contribution in [1.29, 1.82) is 0 Å². The lowest BCUT2D eigenvalue weighted by molar-refractivity contribution is -0.137. The number of aliphatic hydroxyl groups is 1. The van der Waals surface area contributed by atoms with Crippen LogP contribution in [0, 0.1) is 0 Å². The minimum atomic E-state index is -4.29. The quantitative estimate of drug-likeness (QED) is 0.797. The van der Waals surface area contributed by atoms with E-state index in [9.17, 15) is 18.3 Å². The lowest BCUT2D eigenvalue weighted by Crippen LogP contribution is -2.09. The number of alkyl halides is 3. The van der Waals surface area contributed by atoms with E-state index < -0.39 is 17.8 Å². The summed E-state index contributed by atoms with van der Waals surface area (Å²) >= 11 is 0. The molecule has 0 bridgehead atoms. The van der Waals surface area contributed by atoms with Crippen LogP contribution in [0.5, 0.6) is 0 Å².